The summed E-state index contributed by atoms with van der Waals surface area (Å²) < 4.78 is 0. The van der Waals surface area contributed by atoms with Gasteiger partial charge in [0.1, 0.15) is 0 Å². The molecule has 0 heterocycles. The van der Waals surface area contributed by atoms with Crippen molar-refractivity contribution in [2.24, 2.45) is 11.3 Å². The lowest BCUT2D eigenvalue weighted by Gasteiger charge is -2.28. The maximum atomic E-state index is 6.01. The SMILES string of the molecule is CC=C(Cl)C(C)(C)C(C)C. The fraction of sp³-hybridized carbons (Fsp3) is 0.778. The highest BCUT2D eigenvalue weighted by atomic mass is 35.5. The molecule has 0 aromatic rings. The molecule has 0 saturated carbocycles. The van der Waals surface area contributed by atoms with Crippen molar-refractivity contribution in [1.82, 2.24) is 0 Å². The van der Waals surface area contributed by atoms with Gasteiger partial charge in [-0.1, -0.05) is 45.4 Å². The van der Waals surface area contributed by atoms with E-state index < -0.39 is 0 Å². The van der Waals surface area contributed by atoms with Gasteiger partial charge in [-0.05, 0) is 12.8 Å². The Labute approximate surface area is 69.3 Å². The van der Waals surface area contributed by atoms with E-state index in [0.717, 1.165) is 5.03 Å². The van der Waals surface area contributed by atoms with Crippen molar-refractivity contribution in [3.05, 3.63) is 11.1 Å². The average Bonchev–Trinajstić information content (AvgIpc) is 1.86. The molecule has 0 unspecified atom stereocenters. The first kappa shape index (κ1) is 10.0. The van der Waals surface area contributed by atoms with Crippen molar-refractivity contribution in [3.63, 3.8) is 0 Å². The van der Waals surface area contributed by atoms with E-state index in [9.17, 15) is 0 Å². The molecular weight excluding hydrogens is 144 g/mol. The monoisotopic (exact) mass is 160 g/mol. The molecule has 0 bridgehead atoms. The van der Waals surface area contributed by atoms with E-state index in [1.807, 2.05) is 13.0 Å². The predicted octanol–water partition coefficient (Wildman–Crippen LogP) is 3.81. The summed E-state index contributed by atoms with van der Waals surface area (Å²) in [6, 6.07) is 0. The fourth-order valence-electron chi connectivity index (χ4n) is 0.648. The minimum absolute atomic E-state index is 0.135. The zero-order chi connectivity index (χ0) is 8.36. The maximum absolute atomic E-state index is 6.01. The molecule has 0 aliphatic carbocycles. The van der Waals surface area contributed by atoms with Gasteiger partial charge in [0.05, 0.1) is 0 Å². The molecule has 0 aliphatic heterocycles. The molecule has 60 valence electrons. The Morgan fingerprint density at radius 2 is 1.80 bits per heavy atom. The third kappa shape index (κ3) is 2.02. The first-order chi connectivity index (χ1) is 4.42. The Bertz CT molecular complexity index is 132. The first-order valence-corrected chi connectivity index (χ1v) is 4.13. The van der Waals surface area contributed by atoms with Gasteiger partial charge in [-0.2, -0.15) is 0 Å². The molecule has 0 spiro atoms. The van der Waals surface area contributed by atoms with E-state index in [2.05, 4.69) is 27.7 Å². The molecule has 0 nitrogen and oxygen atoms in total. The molecule has 0 aromatic heterocycles. The summed E-state index contributed by atoms with van der Waals surface area (Å²) in [7, 11) is 0. The number of allylic oxidation sites excluding steroid dienone is 2. The van der Waals surface area contributed by atoms with Crippen LogP contribution in [0.5, 0.6) is 0 Å². The van der Waals surface area contributed by atoms with E-state index in [0.29, 0.717) is 5.92 Å². The highest BCUT2D eigenvalue weighted by molar-refractivity contribution is 6.30. The number of hydrogen-bond acceptors (Lipinski definition) is 0. The van der Waals surface area contributed by atoms with Crippen LogP contribution in [-0.4, -0.2) is 0 Å². The minimum Gasteiger partial charge on any atom is -0.0889 e. The van der Waals surface area contributed by atoms with Crippen molar-refractivity contribution in [2.75, 3.05) is 0 Å². The lowest BCUT2D eigenvalue weighted by molar-refractivity contribution is 0.324. The Morgan fingerprint density at radius 3 is 1.90 bits per heavy atom. The topological polar surface area (TPSA) is 0 Å². The summed E-state index contributed by atoms with van der Waals surface area (Å²) in [6.07, 6.45) is 1.97. The zero-order valence-electron chi connectivity index (χ0n) is 7.53. The van der Waals surface area contributed by atoms with Crippen molar-refractivity contribution in [2.45, 2.75) is 34.6 Å². The third-order valence-electron chi connectivity index (χ3n) is 2.31. The van der Waals surface area contributed by atoms with E-state index in [-0.39, 0.29) is 5.41 Å². The van der Waals surface area contributed by atoms with Gasteiger partial charge in [0.2, 0.25) is 0 Å². The van der Waals surface area contributed by atoms with Crippen LogP contribution >= 0.6 is 11.6 Å². The van der Waals surface area contributed by atoms with Crippen molar-refractivity contribution in [1.29, 1.82) is 0 Å². The minimum atomic E-state index is 0.135. The largest absolute Gasteiger partial charge is 0.0889 e. The first-order valence-electron chi connectivity index (χ1n) is 3.75. The summed E-state index contributed by atoms with van der Waals surface area (Å²) in [5.41, 5.74) is 0.135. The third-order valence-corrected chi connectivity index (χ3v) is 3.02. The van der Waals surface area contributed by atoms with Gasteiger partial charge in [-0.25, -0.2) is 0 Å². The van der Waals surface area contributed by atoms with Crippen LogP contribution in [0.15, 0.2) is 11.1 Å². The summed E-state index contributed by atoms with van der Waals surface area (Å²) in [5.74, 6) is 0.594. The van der Waals surface area contributed by atoms with Crippen LogP contribution in [0.25, 0.3) is 0 Å². The quantitative estimate of drug-likeness (QED) is 0.577. The second-order valence-corrected chi connectivity index (χ2v) is 3.92. The number of hydrogen-bond donors (Lipinski definition) is 0. The van der Waals surface area contributed by atoms with Crippen molar-refractivity contribution < 1.29 is 0 Å². The summed E-state index contributed by atoms with van der Waals surface area (Å²) in [5, 5.41) is 0.961. The Kier molecular flexibility index (Phi) is 3.44. The van der Waals surface area contributed by atoms with Gasteiger partial charge >= 0.3 is 0 Å². The van der Waals surface area contributed by atoms with E-state index in [1.54, 1.807) is 0 Å². The fourth-order valence-corrected chi connectivity index (χ4v) is 0.866. The summed E-state index contributed by atoms with van der Waals surface area (Å²) in [6.45, 7) is 10.7. The van der Waals surface area contributed by atoms with Crippen LogP contribution in [0.3, 0.4) is 0 Å². The van der Waals surface area contributed by atoms with Crippen LogP contribution < -0.4 is 0 Å². The maximum Gasteiger partial charge on any atom is 0.0197 e. The van der Waals surface area contributed by atoms with Crippen molar-refractivity contribution in [3.8, 4) is 0 Å². The van der Waals surface area contributed by atoms with E-state index in [1.165, 1.54) is 0 Å². The van der Waals surface area contributed by atoms with Gasteiger partial charge in [-0.3, -0.25) is 0 Å². The average molecular weight is 161 g/mol. The van der Waals surface area contributed by atoms with Crippen LogP contribution in [0.4, 0.5) is 0 Å². The molecule has 0 aliphatic rings. The van der Waals surface area contributed by atoms with Gasteiger partial charge in [0, 0.05) is 10.4 Å². The summed E-state index contributed by atoms with van der Waals surface area (Å²) >= 11 is 6.01. The van der Waals surface area contributed by atoms with E-state index in [4.69, 9.17) is 11.6 Å². The molecule has 10 heavy (non-hydrogen) atoms. The molecule has 0 fully saturated rings. The van der Waals surface area contributed by atoms with Crippen LogP contribution in [0.1, 0.15) is 34.6 Å². The Balaban J connectivity index is 4.40. The normalized spacial score (nSPS) is 14.5. The predicted molar refractivity (Wildman–Crippen MR) is 48.2 cm³/mol. The summed E-state index contributed by atoms with van der Waals surface area (Å²) in [4.78, 5) is 0. The van der Waals surface area contributed by atoms with Crippen LogP contribution in [0.2, 0.25) is 0 Å². The highest BCUT2D eigenvalue weighted by Gasteiger charge is 2.24. The van der Waals surface area contributed by atoms with Gasteiger partial charge < -0.3 is 0 Å². The molecule has 0 N–H and O–H groups in total. The van der Waals surface area contributed by atoms with Crippen LogP contribution in [-0.2, 0) is 0 Å². The Morgan fingerprint density at radius 1 is 1.40 bits per heavy atom. The second-order valence-electron chi connectivity index (χ2n) is 3.51. The molecule has 1 heteroatoms. The standard InChI is InChI=1S/C9H17Cl/c1-6-8(10)9(4,5)7(2)3/h6-7H,1-5H3. The Hall–Kier alpha value is 0.0300. The molecule has 0 radical (unpaired) electrons. The molecule has 0 aromatic carbocycles. The smallest absolute Gasteiger partial charge is 0.0197 e. The molecule has 0 amide bonds. The second kappa shape index (κ2) is 3.43. The number of halogens is 1. The van der Waals surface area contributed by atoms with Crippen molar-refractivity contribution >= 4 is 11.6 Å². The van der Waals surface area contributed by atoms with E-state index >= 15 is 0 Å². The lowest BCUT2D eigenvalue weighted by atomic mass is 9.81. The lowest BCUT2D eigenvalue weighted by Crippen LogP contribution is -2.19. The molecular formula is C9H17Cl. The van der Waals surface area contributed by atoms with Crippen LogP contribution in [0, 0.1) is 11.3 Å². The molecule has 0 saturated heterocycles. The van der Waals surface area contributed by atoms with Gasteiger partial charge in [-0.15, -0.1) is 0 Å². The number of rotatable bonds is 2. The zero-order valence-corrected chi connectivity index (χ0v) is 8.29. The molecule has 0 atom stereocenters. The molecule has 0 rings (SSSR count). The highest BCUT2D eigenvalue weighted by Crippen LogP contribution is 2.36. The van der Waals surface area contributed by atoms with Gasteiger partial charge in [0.25, 0.3) is 0 Å². The van der Waals surface area contributed by atoms with Gasteiger partial charge in [0.15, 0.2) is 0 Å².